The zero-order valence-electron chi connectivity index (χ0n) is 10.1. The molecule has 0 saturated heterocycles. The third-order valence-electron chi connectivity index (χ3n) is 3.50. The lowest BCUT2D eigenvalue weighted by atomic mass is 10.0. The van der Waals surface area contributed by atoms with E-state index in [0.717, 1.165) is 12.8 Å². The van der Waals surface area contributed by atoms with Gasteiger partial charge in [-0.25, -0.2) is 0 Å². The van der Waals surface area contributed by atoms with E-state index in [0.29, 0.717) is 12.0 Å². The number of rotatable bonds is 4. The van der Waals surface area contributed by atoms with E-state index in [-0.39, 0.29) is 12.6 Å². The summed E-state index contributed by atoms with van der Waals surface area (Å²) < 4.78 is 0. The number of hydrogen-bond donors (Lipinski definition) is 2. The SMILES string of the molecule is CC(C)[C@@H](CO)NC1Cc2ccccc2C1. The van der Waals surface area contributed by atoms with E-state index in [9.17, 15) is 5.11 Å². The smallest absolute Gasteiger partial charge is 0.0587 e. The number of nitrogens with one attached hydrogen (secondary N) is 1. The molecule has 0 unspecified atom stereocenters. The molecule has 2 nitrogen and oxygen atoms in total. The molecule has 0 amide bonds. The van der Waals surface area contributed by atoms with Crippen LogP contribution in [0.1, 0.15) is 25.0 Å². The van der Waals surface area contributed by atoms with Gasteiger partial charge in [-0.1, -0.05) is 38.1 Å². The summed E-state index contributed by atoms with van der Waals surface area (Å²) >= 11 is 0. The van der Waals surface area contributed by atoms with Crippen molar-refractivity contribution in [3.05, 3.63) is 35.4 Å². The van der Waals surface area contributed by atoms with Gasteiger partial charge in [-0.15, -0.1) is 0 Å². The molecule has 88 valence electrons. The van der Waals surface area contributed by atoms with E-state index in [1.807, 2.05) is 0 Å². The van der Waals surface area contributed by atoms with Gasteiger partial charge in [0.1, 0.15) is 0 Å². The van der Waals surface area contributed by atoms with E-state index < -0.39 is 0 Å². The van der Waals surface area contributed by atoms with Gasteiger partial charge in [-0.2, -0.15) is 0 Å². The minimum atomic E-state index is 0.222. The van der Waals surface area contributed by atoms with Gasteiger partial charge in [0.15, 0.2) is 0 Å². The van der Waals surface area contributed by atoms with Crippen molar-refractivity contribution in [3.63, 3.8) is 0 Å². The highest BCUT2D eigenvalue weighted by atomic mass is 16.3. The topological polar surface area (TPSA) is 32.3 Å². The Morgan fingerprint density at radius 3 is 2.25 bits per heavy atom. The fourth-order valence-electron chi connectivity index (χ4n) is 2.44. The second-order valence-electron chi connectivity index (χ2n) is 5.07. The molecule has 0 spiro atoms. The van der Waals surface area contributed by atoms with Gasteiger partial charge in [-0.05, 0) is 29.9 Å². The van der Waals surface area contributed by atoms with E-state index in [1.54, 1.807) is 0 Å². The van der Waals surface area contributed by atoms with E-state index >= 15 is 0 Å². The normalized spacial score (nSPS) is 17.8. The number of aliphatic hydroxyl groups is 1. The molecule has 16 heavy (non-hydrogen) atoms. The van der Waals surface area contributed by atoms with Gasteiger partial charge < -0.3 is 10.4 Å². The summed E-state index contributed by atoms with van der Waals surface area (Å²) in [5.41, 5.74) is 2.92. The maximum Gasteiger partial charge on any atom is 0.0587 e. The fraction of sp³-hybridized carbons (Fsp3) is 0.571. The largest absolute Gasteiger partial charge is 0.395 e. The molecule has 1 aromatic carbocycles. The van der Waals surface area contributed by atoms with Crippen LogP contribution in [-0.4, -0.2) is 23.8 Å². The van der Waals surface area contributed by atoms with Crippen molar-refractivity contribution in [2.45, 2.75) is 38.8 Å². The summed E-state index contributed by atoms with van der Waals surface area (Å²) in [6.07, 6.45) is 2.19. The van der Waals surface area contributed by atoms with Crippen LogP contribution in [0.4, 0.5) is 0 Å². The Bertz CT molecular complexity index is 323. The third kappa shape index (κ3) is 2.45. The molecule has 0 aromatic heterocycles. The van der Waals surface area contributed by atoms with Crippen LogP contribution in [0.2, 0.25) is 0 Å². The van der Waals surface area contributed by atoms with Gasteiger partial charge in [0.25, 0.3) is 0 Å². The Balaban J connectivity index is 1.96. The predicted molar refractivity (Wildman–Crippen MR) is 66.5 cm³/mol. The molecule has 0 fully saturated rings. The Hall–Kier alpha value is -0.860. The molecule has 2 heteroatoms. The molecule has 0 saturated carbocycles. The van der Waals surface area contributed by atoms with Crippen molar-refractivity contribution in [2.75, 3.05) is 6.61 Å². The molecule has 2 rings (SSSR count). The van der Waals surface area contributed by atoms with Crippen LogP contribution < -0.4 is 5.32 Å². The van der Waals surface area contributed by atoms with Crippen LogP contribution >= 0.6 is 0 Å². The number of fused-ring (bicyclic) bond motifs is 1. The molecule has 1 aromatic rings. The minimum Gasteiger partial charge on any atom is -0.395 e. The molecule has 0 heterocycles. The van der Waals surface area contributed by atoms with Crippen LogP contribution in [0.25, 0.3) is 0 Å². The average Bonchev–Trinajstić information content (AvgIpc) is 2.67. The minimum absolute atomic E-state index is 0.222. The highest BCUT2D eigenvalue weighted by molar-refractivity contribution is 5.33. The number of benzene rings is 1. The maximum absolute atomic E-state index is 9.31. The molecule has 0 radical (unpaired) electrons. The molecule has 0 aliphatic heterocycles. The average molecular weight is 219 g/mol. The van der Waals surface area contributed by atoms with Crippen molar-refractivity contribution < 1.29 is 5.11 Å². The molecular formula is C14H21NO. The van der Waals surface area contributed by atoms with Gasteiger partial charge in [0.2, 0.25) is 0 Å². The Kier molecular flexibility index (Phi) is 3.62. The third-order valence-corrected chi connectivity index (χ3v) is 3.50. The lowest BCUT2D eigenvalue weighted by molar-refractivity contribution is 0.199. The van der Waals surface area contributed by atoms with Crippen molar-refractivity contribution in [3.8, 4) is 0 Å². The Labute approximate surface area is 97.7 Å². The van der Waals surface area contributed by atoms with Crippen LogP contribution in [0, 0.1) is 5.92 Å². The second kappa shape index (κ2) is 4.98. The molecule has 1 aliphatic rings. The summed E-state index contributed by atoms with van der Waals surface area (Å²) in [7, 11) is 0. The molecular weight excluding hydrogens is 198 g/mol. The first-order chi connectivity index (χ1) is 7.70. The highest BCUT2D eigenvalue weighted by Crippen LogP contribution is 2.22. The number of aliphatic hydroxyl groups excluding tert-OH is 1. The van der Waals surface area contributed by atoms with Crippen molar-refractivity contribution >= 4 is 0 Å². The highest BCUT2D eigenvalue weighted by Gasteiger charge is 2.24. The Morgan fingerprint density at radius 2 is 1.81 bits per heavy atom. The molecule has 2 N–H and O–H groups in total. The Morgan fingerprint density at radius 1 is 1.25 bits per heavy atom. The zero-order chi connectivity index (χ0) is 11.5. The first kappa shape index (κ1) is 11.6. The van der Waals surface area contributed by atoms with E-state index in [1.165, 1.54) is 11.1 Å². The number of hydrogen-bond acceptors (Lipinski definition) is 2. The monoisotopic (exact) mass is 219 g/mol. The summed E-state index contributed by atoms with van der Waals surface area (Å²) in [5.74, 6) is 0.480. The summed E-state index contributed by atoms with van der Waals surface area (Å²) in [5, 5.41) is 12.9. The van der Waals surface area contributed by atoms with E-state index in [2.05, 4.69) is 43.4 Å². The van der Waals surface area contributed by atoms with Gasteiger partial charge in [-0.3, -0.25) is 0 Å². The molecule has 0 bridgehead atoms. The van der Waals surface area contributed by atoms with Crippen LogP contribution in [0.5, 0.6) is 0 Å². The quantitative estimate of drug-likeness (QED) is 0.809. The summed E-state index contributed by atoms with van der Waals surface area (Å²) in [6.45, 7) is 4.52. The summed E-state index contributed by atoms with van der Waals surface area (Å²) in [4.78, 5) is 0. The maximum atomic E-state index is 9.31. The first-order valence-electron chi connectivity index (χ1n) is 6.14. The zero-order valence-corrected chi connectivity index (χ0v) is 10.1. The fourth-order valence-corrected chi connectivity index (χ4v) is 2.44. The van der Waals surface area contributed by atoms with Crippen LogP contribution in [0.15, 0.2) is 24.3 Å². The van der Waals surface area contributed by atoms with E-state index in [4.69, 9.17) is 0 Å². The van der Waals surface area contributed by atoms with Crippen molar-refractivity contribution in [1.29, 1.82) is 0 Å². The van der Waals surface area contributed by atoms with Crippen LogP contribution in [-0.2, 0) is 12.8 Å². The predicted octanol–water partition coefficient (Wildman–Crippen LogP) is 1.76. The summed E-state index contributed by atoms with van der Waals surface area (Å²) in [6, 6.07) is 9.34. The van der Waals surface area contributed by atoms with Gasteiger partial charge in [0, 0.05) is 12.1 Å². The van der Waals surface area contributed by atoms with Crippen LogP contribution in [0.3, 0.4) is 0 Å². The standard InChI is InChI=1S/C14H21NO/c1-10(2)14(9-16)15-13-7-11-5-3-4-6-12(11)8-13/h3-6,10,13-16H,7-9H2,1-2H3/t14-/m1/s1. The first-order valence-corrected chi connectivity index (χ1v) is 6.14. The van der Waals surface area contributed by atoms with Crippen molar-refractivity contribution in [2.24, 2.45) is 5.92 Å². The van der Waals surface area contributed by atoms with Crippen molar-refractivity contribution in [1.82, 2.24) is 5.32 Å². The molecule has 1 atom stereocenters. The second-order valence-corrected chi connectivity index (χ2v) is 5.07. The lowest BCUT2D eigenvalue weighted by Gasteiger charge is -2.24. The lowest BCUT2D eigenvalue weighted by Crippen LogP contribution is -2.44. The van der Waals surface area contributed by atoms with Gasteiger partial charge >= 0.3 is 0 Å². The van der Waals surface area contributed by atoms with Gasteiger partial charge in [0.05, 0.1) is 6.61 Å². The molecule has 1 aliphatic carbocycles.